The van der Waals surface area contributed by atoms with Crippen molar-refractivity contribution in [2.45, 2.75) is 17.4 Å². The van der Waals surface area contributed by atoms with Crippen LogP contribution in [0, 0.1) is 0 Å². The molecule has 0 spiro atoms. The van der Waals surface area contributed by atoms with Gasteiger partial charge in [0.15, 0.2) is 0 Å². The minimum Gasteiger partial charge on any atom is -0.327 e. The van der Waals surface area contributed by atoms with Crippen LogP contribution in [-0.4, -0.2) is 11.8 Å². The van der Waals surface area contributed by atoms with Crippen LogP contribution >= 0.6 is 46.6 Å². The Balaban J connectivity index is 1.94. The van der Waals surface area contributed by atoms with Crippen molar-refractivity contribution >= 4 is 46.6 Å². The van der Waals surface area contributed by atoms with Crippen molar-refractivity contribution in [2.75, 3.05) is 5.75 Å². The Bertz CT molecular complexity index is 589. The first-order valence-electron chi connectivity index (χ1n) is 6.13. The average molecular weight is 347 g/mol. The van der Waals surface area contributed by atoms with Gasteiger partial charge in [-0.3, -0.25) is 0 Å². The van der Waals surface area contributed by atoms with E-state index in [1.807, 2.05) is 30.3 Å². The van der Waals surface area contributed by atoms with Crippen LogP contribution in [0.1, 0.15) is 5.56 Å². The summed E-state index contributed by atoms with van der Waals surface area (Å²) >= 11 is 19.9. The second-order valence-electron chi connectivity index (χ2n) is 4.44. The molecule has 0 aliphatic carbocycles. The van der Waals surface area contributed by atoms with Gasteiger partial charge in [-0.2, -0.15) is 0 Å². The number of halogens is 3. The van der Waals surface area contributed by atoms with E-state index in [0.717, 1.165) is 21.2 Å². The maximum Gasteiger partial charge on any atom is 0.0541 e. The van der Waals surface area contributed by atoms with Crippen LogP contribution in [0.4, 0.5) is 0 Å². The van der Waals surface area contributed by atoms with Gasteiger partial charge in [0.2, 0.25) is 0 Å². The Morgan fingerprint density at radius 2 is 1.75 bits per heavy atom. The Labute approximate surface area is 138 Å². The Morgan fingerprint density at radius 1 is 1.00 bits per heavy atom. The number of rotatable bonds is 5. The Hall–Kier alpha value is -0.380. The van der Waals surface area contributed by atoms with Crippen molar-refractivity contribution < 1.29 is 0 Å². The highest BCUT2D eigenvalue weighted by Gasteiger charge is 2.10. The molecule has 0 fully saturated rings. The molecule has 2 aromatic carbocycles. The SMILES string of the molecule is NC(CSc1ccccc1Cl)Cc1cc(Cl)ccc1Cl. The first-order chi connectivity index (χ1) is 9.56. The molecule has 0 bridgehead atoms. The van der Waals surface area contributed by atoms with Crippen molar-refractivity contribution in [1.29, 1.82) is 0 Å². The van der Waals surface area contributed by atoms with E-state index in [-0.39, 0.29) is 6.04 Å². The number of thioether (sulfide) groups is 1. The summed E-state index contributed by atoms with van der Waals surface area (Å²) in [6, 6.07) is 13.2. The van der Waals surface area contributed by atoms with E-state index in [1.165, 1.54) is 0 Å². The first kappa shape index (κ1) is 16.0. The molecule has 0 heterocycles. The second kappa shape index (κ2) is 7.58. The predicted molar refractivity (Wildman–Crippen MR) is 90.3 cm³/mol. The summed E-state index contributed by atoms with van der Waals surface area (Å²) < 4.78 is 0. The van der Waals surface area contributed by atoms with E-state index in [9.17, 15) is 0 Å². The molecular weight excluding hydrogens is 333 g/mol. The molecule has 20 heavy (non-hydrogen) atoms. The molecule has 2 rings (SSSR count). The summed E-state index contributed by atoms with van der Waals surface area (Å²) in [6.45, 7) is 0. The zero-order valence-corrected chi connectivity index (χ0v) is 13.7. The molecular formula is C15H14Cl3NS. The molecule has 0 amide bonds. The molecule has 0 saturated heterocycles. The van der Waals surface area contributed by atoms with E-state index in [1.54, 1.807) is 23.9 Å². The van der Waals surface area contributed by atoms with Crippen LogP contribution in [0.15, 0.2) is 47.4 Å². The Kier molecular flexibility index (Phi) is 6.06. The smallest absolute Gasteiger partial charge is 0.0541 e. The van der Waals surface area contributed by atoms with Crippen LogP contribution in [0.25, 0.3) is 0 Å². The number of nitrogens with two attached hydrogens (primary N) is 1. The largest absolute Gasteiger partial charge is 0.327 e. The van der Waals surface area contributed by atoms with Crippen LogP contribution in [0.2, 0.25) is 15.1 Å². The van der Waals surface area contributed by atoms with E-state index in [2.05, 4.69) is 0 Å². The van der Waals surface area contributed by atoms with Crippen molar-refractivity contribution in [1.82, 2.24) is 0 Å². The summed E-state index contributed by atoms with van der Waals surface area (Å²) in [5.74, 6) is 0.770. The highest BCUT2D eigenvalue weighted by Crippen LogP contribution is 2.28. The monoisotopic (exact) mass is 345 g/mol. The molecule has 0 aromatic heterocycles. The maximum absolute atomic E-state index is 6.16. The maximum atomic E-state index is 6.16. The molecule has 1 unspecified atom stereocenters. The Morgan fingerprint density at radius 3 is 2.50 bits per heavy atom. The van der Waals surface area contributed by atoms with Crippen molar-refractivity contribution in [3.05, 3.63) is 63.1 Å². The highest BCUT2D eigenvalue weighted by atomic mass is 35.5. The highest BCUT2D eigenvalue weighted by molar-refractivity contribution is 7.99. The van der Waals surface area contributed by atoms with Crippen molar-refractivity contribution in [3.8, 4) is 0 Å². The lowest BCUT2D eigenvalue weighted by Crippen LogP contribution is -2.25. The van der Waals surface area contributed by atoms with Crippen LogP contribution in [-0.2, 0) is 6.42 Å². The number of hydrogen-bond acceptors (Lipinski definition) is 2. The molecule has 2 aromatic rings. The van der Waals surface area contributed by atoms with Crippen molar-refractivity contribution in [2.24, 2.45) is 5.73 Å². The lowest BCUT2D eigenvalue weighted by molar-refractivity contribution is 0.749. The molecule has 0 radical (unpaired) electrons. The standard InChI is InChI=1S/C15H14Cl3NS/c16-11-5-6-13(17)10(7-11)8-12(19)9-20-15-4-2-1-3-14(15)18/h1-7,12H,8-9,19H2. The first-order valence-corrected chi connectivity index (χ1v) is 8.25. The van der Waals surface area contributed by atoms with Gasteiger partial charge in [0.25, 0.3) is 0 Å². The third kappa shape index (κ3) is 4.57. The summed E-state index contributed by atoms with van der Waals surface area (Å²) in [5.41, 5.74) is 7.14. The average Bonchev–Trinajstić information content (AvgIpc) is 2.42. The summed E-state index contributed by atoms with van der Waals surface area (Å²) in [5, 5.41) is 2.13. The molecule has 0 saturated carbocycles. The van der Waals surface area contributed by atoms with Crippen LogP contribution in [0.3, 0.4) is 0 Å². The molecule has 0 aliphatic heterocycles. The summed E-state index contributed by atoms with van der Waals surface area (Å²) in [4.78, 5) is 1.04. The minimum atomic E-state index is -0.00719. The zero-order chi connectivity index (χ0) is 14.5. The zero-order valence-electron chi connectivity index (χ0n) is 10.7. The molecule has 1 nitrogen and oxygen atoms in total. The number of benzene rings is 2. The topological polar surface area (TPSA) is 26.0 Å². The fraction of sp³-hybridized carbons (Fsp3) is 0.200. The van der Waals surface area contributed by atoms with Gasteiger partial charge in [0.05, 0.1) is 5.02 Å². The summed E-state index contributed by atoms with van der Waals surface area (Å²) in [6.07, 6.45) is 0.691. The fourth-order valence-corrected chi connectivity index (χ4v) is 3.38. The fourth-order valence-electron chi connectivity index (χ4n) is 1.80. The van der Waals surface area contributed by atoms with Gasteiger partial charge in [-0.1, -0.05) is 46.9 Å². The normalized spacial score (nSPS) is 12.4. The molecule has 1 atom stereocenters. The molecule has 5 heteroatoms. The van der Waals surface area contributed by atoms with Gasteiger partial charge in [-0.25, -0.2) is 0 Å². The van der Waals surface area contributed by atoms with Crippen molar-refractivity contribution in [3.63, 3.8) is 0 Å². The van der Waals surface area contributed by atoms with E-state index >= 15 is 0 Å². The molecule has 106 valence electrons. The van der Waals surface area contributed by atoms with Gasteiger partial charge in [0, 0.05) is 26.7 Å². The third-order valence-electron chi connectivity index (χ3n) is 2.78. The van der Waals surface area contributed by atoms with E-state index in [0.29, 0.717) is 16.5 Å². The van der Waals surface area contributed by atoms with E-state index in [4.69, 9.17) is 40.5 Å². The van der Waals surface area contributed by atoms with Crippen LogP contribution < -0.4 is 5.73 Å². The van der Waals surface area contributed by atoms with Gasteiger partial charge in [0.1, 0.15) is 0 Å². The number of hydrogen-bond donors (Lipinski definition) is 1. The second-order valence-corrected chi connectivity index (χ2v) is 6.75. The van der Waals surface area contributed by atoms with Gasteiger partial charge in [-0.15, -0.1) is 11.8 Å². The van der Waals surface area contributed by atoms with Crippen LogP contribution in [0.5, 0.6) is 0 Å². The summed E-state index contributed by atoms with van der Waals surface area (Å²) in [7, 11) is 0. The lowest BCUT2D eigenvalue weighted by Gasteiger charge is -2.13. The van der Waals surface area contributed by atoms with E-state index < -0.39 is 0 Å². The molecule has 2 N–H and O–H groups in total. The predicted octanol–water partition coefficient (Wildman–Crippen LogP) is 5.31. The van der Waals surface area contributed by atoms with Gasteiger partial charge in [-0.05, 0) is 42.3 Å². The minimum absolute atomic E-state index is 0.00719. The molecule has 0 aliphatic rings. The van der Waals surface area contributed by atoms with Gasteiger partial charge < -0.3 is 5.73 Å². The lowest BCUT2D eigenvalue weighted by atomic mass is 10.1. The quantitative estimate of drug-likeness (QED) is 0.743. The van der Waals surface area contributed by atoms with Gasteiger partial charge >= 0.3 is 0 Å². The third-order valence-corrected chi connectivity index (χ3v) is 5.09.